The topological polar surface area (TPSA) is 34.1 Å². The number of aryl methyl sites for hydroxylation is 2. The lowest BCUT2D eigenvalue weighted by atomic mass is 10.2. The molecule has 2 aromatic rings. The maximum absolute atomic E-state index is 14.1. The molecule has 0 atom stereocenters. The van der Waals surface area contributed by atoms with Crippen LogP contribution in [0.5, 0.6) is 11.5 Å². The van der Waals surface area contributed by atoms with Crippen molar-refractivity contribution < 1.29 is 9.13 Å². The summed E-state index contributed by atoms with van der Waals surface area (Å²) in [5, 5.41) is 3.19. The average Bonchev–Trinajstić information content (AvgIpc) is 2.49. The van der Waals surface area contributed by atoms with Crippen LogP contribution in [-0.4, -0.2) is 11.5 Å². The minimum atomic E-state index is -0.354. The number of hydrogen-bond acceptors (Lipinski definition) is 3. The fraction of sp³-hybridized carbons (Fsp3) is 0.353. The molecule has 0 amide bonds. The Morgan fingerprint density at radius 1 is 1.19 bits per heavy atom. The van der Waals surface area contributed by atoms with E-state index in [1.54, 1.807) is 6.07 Å². The highest BCUT2D eigenvalue weighted by Gasteiger charge is 2.13. The summed E-state index contributed by atoms with van der Waals surface area (Å²) in [6.45, 7) is 7.35. The average molecular weight is 288 g/mol. The van der Waals surface area contributed by atoms with Crippen LogP contribution in [0.15, 0.2) is 30.3 Å². The number of para-hydroxylation sites is 1. The summed E-state index contributed by atoms with van der Waals surface area (Å²) >= 11 is 0. The molecular weight excluding hydrogens is 267 g/mol. The van der Waals surface area contributed by atoms with E-state index in [9.17, 15) is 4.39 Å². The number of pyridine rings is 1. The Kier molecular flexibility index (Phi) is 5.28. The van der Waals surface area contributed by atoms with Crippen LogP contribution in [0.25, 0.3) is 0 Å². The molecule has 21 heavy (non-hydrogen) atoms. The monoisotopic (exact) mass is 288 g/mol. The molecule has 0 unspecified atom stereocenters. The summed E-state index contributed by atoms with van der Waals surface area (Å²) < 4.78 is 19.9. The summed E-state index contributed by atoms with van der Waals surface area (Å²) in [7, 11) is 0. The molecule has 1 heterocycles. The highest BCUT2D eigenvalue weighted by molar-refractivity contribution is 5.40. The Bertz CT molecular complexity index is 614. The second-order valence-corrected chi connectivity index (χ2v) is 4.86. The van der Waals surface area contributed by atoms with E-state index in [0.29, 0.717) is 12.3 Å². The van der Waals surface area contributed by atoms with Crippen molar-refractivity contribution in [2.24, 2.45) is 0 Å². The Labute approximate surface area is 125 Å². The van der Waals surface area contributed by atoms with Crippen molar-refractivity contribution in [1.29, 1.82) is 0 Å². The second kappa shape index (κ2) is 7.18. The molecule has 1 aromatic carbocycles. The predicted molar refractivity (Wildman–Crippen MR) is 82.2 cm³/mol. The van der Waals surface area contributed by atoms with Crippen LogP contribution in [0.2, 0.25) is 0 Å². The van der Waals surface area contributed by atoms with Gasteiger partial charge >= 0.3 is 0 Å². The van der Waals surface area contributed by atoms with E-state index < -0.39 is 0 Å². The first kappa shape index (κ1) is 15.4. The fourth-order valence-corrected chi connectivity index (χ4v) is 2.12. The molecule has 3 nitrogen and oxygen atoms in total. The molecule has 4 heteroatoms. The third-order valence-corrected chi connectivity index (χ3v) is 3.23. The van der Waals surface area contributed by atoms with Gasteiger partial charge in [-0.05, 0) is 38.1 Å². The van der Waals surface area contributed by atoms with Crippen LogP contribution >= 0.6 is 0 Å². The predicted octanol–water partition coefficient (Wildman–Crippen LogP) is 3.99. The van der Waals surface area contributed by atoms with E-state index >= 15 is 0 Å². The van der Waals surface area contributed by atoms with Gasteiger partial charge in [0.2, 0.25) is 0 Å². The molecule has 1 aromatic heterocycles. The number of aromatic nitrogens is 1. The van der Waals surface area contributed by atoms with E-state index in [1.807, 2.05) is 39.0 Å². The standard InChI is InChI=1S/C17H21FN2O/c1-4-15-16(10-9-12(3)20-15)21-17-13(11-19-5-2)7-6-8-14(17)18/h6-10,19H,4-5,11H2,1-3H3. The Hall–Kier alpha value is -1.94. The van der Waals surface area contributed by atoms with E-state index in [0.717, 1.165) is 29.9 Å². The molecule has 0 aliphatic carbocycles. The molecule has 0 aliphatic rings. The van der Waals surface area contributed by atoms with E-state index in [4.69, 9.17) is 4.74 Å². The smallest absolute Gasteiger partial charge is 0.167 e. The SMILES string of the molecule is CCNCc1cccc(F)c1Oc1ccc(C)nc1CC. The molecule has 0 spiro atoms. The van der Waals surface area contributed by atoms with Crippen LogP contribution in [-0.2, 0) is 13.0 Å². The molecular formula is C17H21FN2O. The quantitative estimate of drug-likeness (QED) is 0.872. The van der Waals surface area contributed by atoms with Gasteiger partial charge in [0.1, 0.15) is 5.75 Å². The van der Waals surface area contributed by atoms with Crippen molar-refractivity contribution in [3.05, 3.63) is 53.1 Å². The van der Waals surface area contributed by atoms with Gasteiger partial charge in [0.25, 0.3) is 0 Å². The van der Waals surface area contributed by atoms with Crippen molar-refractivity contribution in [3.63, 3.8) is 0 Å². The zero-order valence-corrected chi connectivity index (χ0v) is 12.7. The van der Waals surface area contributed by atoms with Gasteiger partial charge in [-0.3, -0.25) is 4.98 Å². The summed E-state index contributed by atoms with van der Waals surface area (Å²) in [6, 6.07) is 8.71. The molecule has 0 radical (unpaired) electrons. The lowest BCUT2D eigenvalue weighted by Gasteiger charge is -2.14. The van der Waals surface area contributed by atoms with Crippen molar-refractivity contribution >= 4 is 0 Å². The van der Waals surface area contributed by atoms with Gasteiger partial charge in [-0.2, -0.15) is 0 Å². The highest BCUT2D eigenvalue weighted by Crippen LogP contribution is 2.30. The third-order valence-electron chi connectivity index (χ3n) is 3.23. The van der Waals surface area contributed by atoms with E-state index in [-0.39, 0.29) is 11.6 Å². The summed E-state index contributed by atoms with van der Waals surface area (Å²) in [6.07, 6.45) is 0.744. The number of hydrogen-bond donors (Lipinski definition) is 1. The number of ether oxygens (including phenoxy) is 1. The zero-order valence-electron chi connectivity index (χ0n) is 12.7. The maximum Gasteiger partial charge on any atom is 0.167 e. The molecule has 0 bridgehead atoms. The lowest BCUT2D eigenvalue weighted by Crippen LogP contribution is -2.13. The third kappa shape index (κ3) is 3.79. The van der Waals surface area contributed by atoms with Crippen LogP contribution in [0.4, 0.5) is 4.39 Å². The first-order chi connectivity index (χ1) is 10.2. The Morgan fingerprint density at radius 2 is 2.00 bits per heavy atom. The van der Waals surface area contributed by atoms with E-state index in [2.05, 4.69) is 10.3 Å². The van der Waals surface area contributed by atoms with Gasteiger partial charge in [0.05, 0.1) is 5.69 Å². The highest BCUT2D eigenvalue weighted by atomic mass is 19.1. The van der Waals surface area contributed by atoms with Crippen molar-refractivity contribution in [2.45, 2.75) is 33.7 Å². The second-order valence-electron chi connectivity index (χ2n) is 4.86. The van der Waals surface area contributed by atoms with Gasteiger partial charge in [-0.15, -0.1) is 0 Å². The van der Waals surface area contributed by atoms with Gasteiger partial charge in [-0.1, -0.05) is 26.0 Å². The Morgan fingerprint density at radius 3 is 2.71 bits per heavy atom. The number of benzene rings is 1. The van der Waals surface area contributed by atoms with E-state index in [1.165, 1.54) is 6.07 Å². The molecule has 0 aliphatic heterocycles. The van der Waals surface area contributed by atoms with Crippen molar-refractivity contribution in [2.75, 3.05) is 6.54 Å². The maximum atomic E-state index is 14.1. The summed E-state index contributed by atoms with van der Waals surface area (Å²) in [5.74, 6) is 0.540. The van der Waals surface area contributed by atoms with Crippen molar-refractivity contribution in [3.8, 4) is 11.5 Å². The largest absolute Gasteiger partial charge is 0.452 e. The van der Waals surface area contributed by atoms with Crippen LogP contribution in [0.1, 0.15) is 30.8 Å². The van der Waals surface area contributed by atoms with Gasteiger partial charge in [-0.25, -0.2) is 4.39 Å². The normalized spacial score (nSPS) is 10.7. The summed E-state index contributed by atoms with van der Waals surface area (Å²) in [4.78, 5) is 4.45. The first-order valence-corrected chi connectivity index (χ1v) is 7.28. The number of rotatable bonds is 6. The first-order valence-electron chi connectivity index (χ1n) is 7.28. The van der Waals surface area contributed by atoms with Gasteiger partial charge in [0, 0.05) is 17.8 Å². The number of nitrogens with one attached hydrogen (secondary N) is 1. The van der Waals surface area contributed by atoms with Gasteiger partial charge in [0.15, 0.2) is 11.6 Å². The van der Waals surface area contributed by atoms with Crippen LogP contribution in [0, 0.1) is 12.7 Å². The minimum absolute atomic E-state index is 0.277. The molecule has 112 valence electrons. The molecule has 0 saturated carbocycles. The van der Waals surface area contributed by atoms with Crippen LogP contribution < -0.4 is 10.1 Å². The molecule has 2 rings (SSSR count). The molecule has 1 N–H and O–H groups in total. The van der Waals surface area contributed by atoms with Crippen LogP contribution in [0.3, 0.4) is 0 Å². The molecule has 0 saturated heterocycles. The lowest BCUT2D eigenvalue weighted by molar-refractivity contribution is 0.427. The zero-order chi connectivity index (χ0) is 15.2. The minimum Gasteiger partial charge on any atom is -0.452 e. The summed E-state index contributed by atoms with van der Waals surface area (Å²) in [5.41, 5.74) is 2.58. The molecule has 0 fully saturated rings. The number of nitrogens with zero attached hydrogens (tertiary/aromatic N) is 1. The number of halogens is 1. The Balaban J connectivity index is 2.34. The van der Waals surface area contributed by atoms with Gasteiger partial charge < -0.3 is 10.1 Å². The fourth-order valence-electron chi connectivity index (χ4n) is 2.12. The van der Waals surface area contributed by atoms with Crippen molar-refractivity contribution in [1.82, 2.24) is 10.3 Å².